The highest BCUT2D eigenvalue weighted by Crippen LogP contribution is 2.31. The Morgan fingerprint density at radius 2 is 1.64 bits per heavy atom. The predicted molar refractivity (Wildman–Crippen MR) is 118 cm³/mol. The Morgan fingerprint density at radius 3 is 2.39 bits per heavy atom. The molecule has 0 radical (unpaired) electrons. The summed E-state index contributed by atoms with van der Waals surface area (Å²) in [6, 6.07) is 24.5. The van der Waals surface area contributed by atoms with E-state index in [-0.39, 0.29) is 0 Å². The standard InChI is InChI=1S/C24H22ClN3/c1-2-3-7-17-12-14-18(15-13-17)23-21-10-4-5-11-22(21)24(28-27-23)26-20-9-6-8-19(25)16-20/h4-6,8-16H,2-3,7H2,1H3,(H,26,28). The smallest absolute Gasteiger partial charge is 0.161 e. The summed E-state index contributed by atoms with van der Waals surface area (Å²) in [4.78, 5) is 0. The van der Waals surface area contributed by atoms with Crippen molar-refractivity contribution in [2.45, 2.75) is 26.2 Å². The predicted octanol–water partition coefficient (Wildman–Crippen LogP) is 7.04. The van der Waals surface area contributed by atoms with Gasteiger partial charge in [0, 0.05) is 27.0 Å². The number of fused-ring (bicyclic) bond motifs is 1. The summed E-state index contributed by atoms with van der Waals surface area (Å²) in [5.74, 6) is 0.723. The van der Waals surface area contributed by atoms with Crippen molar-refractivity contribution in [3.8, 4) is 11.3 Å². The molecule has 0 saturated heterocycles. The fraction of sp³-hybridized carbons (Fsp3) is 0.167. The molecule has 0 spiro atoms. The van der Waals surface area contributed by atoms with Crippen LogP contribution in [0.3, 0.4) is 0 Å². The molecular weight excluding hydrogens is 366 g/mol. The number of nitrogens with one attached hydrogen (secondary N) is 1. The highest BCUT2D eigenvalue weighted by Gasteiger charge is 2.11. The molecule has 0 atom stereocenters. The van der Waals surface area contributed by atoms with E-state index >= 15 is 0 Å². The lowest BCUT2D eigenvalue weighted by molar-refractivity contribution is 0.795. The summed E-state index contributed by atoms with van der Waals surface area (Å²) in [6.45, 7) is 2.22. The summed E-state index contributed by atoms with van der Waals surface area (Å²) in [6.07, 6.45) is 3.54. The minimum atomic E-state index is 0.682. The Morgan fingerprint density at radius 1 is 0.857 bits per heavy atom. The second-order valence-corrected chi connectivity index (χ2v) is 7.32. The van der Waals surface area contributed by atoms with Gasteiger partial charge in [-0.15, -0.1) is 10.2 Å². The van der Waals surface area contributed by atoms with E-state index in [0.717, 1.165) is 40.0 Å². The summed E-state index contributed by atoms with van der Waals surface area (Å²) in [7, 11) is 0. The van der Waals surface area contributed by atoms with Crippen molar-refractivity contribution < 1.29 is 0 Å². The SMILES string of the molecule is CCCCc1ccc(-c2nnc(Nc3cccc(Cl)c3)c3ccccc23)cc1. The van der Waals surface area contributed by atoms with Gasteiger partial charge in [-0.3, -0.25) is 0 Å². The molecule has 1 N–H and O–H groups in total. The van der Waals surface area contributed by atoms with Crippen molar-refractivity contribution in [3.63, 3.8) is 0 Å². The zero-order valence-electron chi connectivity index (χ0n) is 15.8. The van der Waals surface area contributed by atoms with Crippen LogP contribution < -0.4 is 5.32 Å². The van der Waals surface area contributed by atoms with Gasteiger partial charge in [0.25, 0.3) is 0 Å². The number of aryl methyl sites for hydroxylation is 1. The van der Waals surface area contributed by atoms with Crippen LogP contribution in [0, 0.1) is 0 Å². The number of hydrogen-bond acceptors (Lipinski definition) is 3. The molecule has 0 unspecified atom stereocenters. The van der Waals surface area contributed by atoms with Crippen molar-refractivity contribution in [2.75, 3.05) is 5.32 Å². The molecule has 28 heavy (non-hydrogen) atoms. The van der Waals surface area contributed by atoms with Crippen LogP contribution in [0.5, 0.6) is 0 Å². The lowest BCUT2D eigenvalue weighted by Gasteiger charge is -2.12. The maximum absolute atomic E-state index is 6.10. The maximum atomic E-state index is 6.10. The molecule has 0 aliphatic rings. The summed E-state index contributed by atoms with van der Waals surface area (Å²) < 4.78 is 0. The average Bonchev–Trinajstić information content (AvgIpc) is 2.73. The molecule has 4 aromatic rings. The second-order valence-electron chi connectivity index (χ2n) is 6.88. The van der Waals surface area contributed by atoms with Gasteiger partial charge in [0.05, 0.1) is 0 Å². The molecule has 4 heteroatoms. The quantitative estimate of drug-likeness (QED) is 0.385. The van der Waals surface area contributed by atoms with Gasteiger partial charge in [0.2, 0.25) is 0 Å². The number of benzene rings is 3. The van der Waals surface area contributed by atoms with E-state index in [0.29, 0.717) is 5.02 Å². The van der Waals surface area contributed by atoms with Gasteiger partial charge in [0.15, 0.2) is 5.82 Å². The lowest BCUT2D eigenvalue weighted by Crippen LogP contribution is -1.99. The topological polar surface area (TPSA) is 37.8 Å². The molecule has 4 rings (SSSR count). The number of unbranched alkanes of at least 4 members (excludes halogenated alkanes) is 1. The van der Waals surface area contributed by atoms with Crippen LogP contribution in [-0.4, -0.2) is 10.2 Å². The minimum absolute atomic E-state index is 0.682. The van der Waals surface area contributed by atoms with Gasteiger partial charge in [-0.05, 0) is 36.6 Å². The number of halogens is 1. The lowest BCUT2D eigenvalue weighted by atomic mass is 10.0. The van der Waals surface area contributed by atoms with Crippen LogP contribution in [0.2, 0.25) is 5.02 Å². The maximum Gasteiger partial charge on any atom is 0.161 e. The first kappa shape index (κ1) is 18.5. The fourth-order valence-electron chi connectivity index (χ4n) is 3.32. The molecule has 0 fully saturated rings. The van der Waals surface area contributed by atoms with E-state index in [2.05, 4.69) is 58.8 Å². The Balaban J connectivity index is 1.71. The Kier molecular flexibility index (Phi) is 5.54. The Hall–Kier alpha value is -2.91. The van der Waals surface area contributed by atoms with Gasteiger partial charge >= 0.3 is 0 Å². The first-order valence-electron chi connectivity index (χ1n) is 9.62. The zero-order valence-corrected chi connectivity index (χ0v) is 16.6. The van der Waals surface area contributed by atoms with Crippen molar-refractivity contribution in [1.29, 1.82) is 0 Å². The molecule has 0 aliphatic carbocycles. The van der Waals surface area contributed by atoms with Crippen LogP contribution in [0.25, 0.3) is 22.0 Å². The first-order chi connectivity index (χ1) is 13.7. The van der Waals surface area contributed by atoms with Crippen LogP contribution in [0.1, 0.15) is 25.3 Å². The molecular formula is C24H22ClN3. The van der Waals surface area contributed by atoms with Crippen molar-refractivity contribution in [1.82, 2.24) is 10.2 Å². The number of nitrogens with zero attached hydrogens (tertiary/aromatic N) is 2. The van der Waals surface area contributed by atoms with Gasteiger partial charge < -0.3 is 5.32 Å². The van der Waals surface area contributed by atoms with E-state index in [9.17, 15) is 0 Å². The third kappa shape index (κ3) is 4.00. The molecule has 3 nitrogen and oxygen atoms in total. The zero-order chi connectivity index (χ0) is 19.3. The highest BCUT2D eigenvalue weighted by atomic mass is 35.5. The van der Waals surface area contributed by atoms with Crippen LogP contribution in [0.4, 0.5) is 11.5 Å². The summed E-state index contributed by atoms with van der Waals surface area (Å²) in [5.41, 5.74) is 4.23. The van der Waals surface area contributed by atoms with Gasteiger partial charge in [-0.2, -0.15) is 0 Å². The van der Waals surface area contributed by atoms with E-state index < -0.39 is 0 Å². The number of hydrogen-bond donors (Lipinski definition) is 1. The molecule has 140 valence electrons. The van der Waals surface area contributed by atoms with Crippen LogP contribution >= 0.6 is 11.6 Å². The molecule has 1 aromatic heterocycles. The molecule has 0 saturated carbocycles. The monoisotopic (exact) mass is 387 g/mol. The van der Waals surface area contributed by atoms with Crippen molar-refractivity contribution in [2.24, 2.45) is 0 Å². The average molecular weight is 388 g/mol. The fourth-order valence-corrected chi connectivity index (χ4v) is 3.51. The van der Waals surface area contributed by atoms with E-state index in [1.807, 2.05) is 36.4 Å². The van der Waals surface area contributed by atoms with E-state index in [1.54, 1.807) is 0 Å². The van der Waals surface area contributed by atoms with Crippen LogP contribution in [0.15, 0.2) is 72.8 Å². The van der Waals surface area contributed by atoms with Gasteiger partial charge in [0.1, 0.15) is 5.69 Å². The summed E-state index contributed by atoms with van der Waals surface area (Å²) >= 11 is 6.10. The Labute approximate surface area is 170 Å². The summed E-state index contributed by atoms with van der Waals surface area (Å²) in [5, 5.41) is 15.1. The van der Waals surface area contributed by atoms with Crippen LogP contribution in [-0.2, 0) is 6.42 Å². The highest BCUT2D eigenvalue weighted by molar-refractivity contribution is 6.30. The molecule has 0 aliphatic heterocycles. The molecule has 0 bridgehead atoms. The number of anilines is 2. The minimum Gasteiger partial charge on any atom is -0.338 e. The third-order valence-electron chi connectivity index (χ3n) is 4.82. The van der Waals surface area contributed by atoms with Gasteiger partial charge in [-0.1, -0.05) is 79.5 Å². The van der Waals surface area contributed by atoms with Gasteiger partial charge in [-0.25, -0.2) is 0 Å². The van der Waals surface area contributed by atoms with Crippen molar-refractivity contribution >= 4 is 33.9 Å². The largest absolute Gasteiger partial charge is 0.338 e. The third-order valence-corrected chi connectivity index (χ3v) is 5.06. The first-order valence-corrected chi connectivity index (χ1v) is 9.99. The molecule has 3 aromatic carbocycles. The number of rotatable bonds is 6. The number of aromatic nitrogens is 2. The molecule has 1 heterocycles. The normalized spacial score (nSPS) is 10.9. The molecule has 0 amide bonds. The van der Waals surface area contributed by atoms with Crippen molar-refractivity contribution in [3.05, 3.63) is 83.4 Å². The Bertz CT molecular complexity index is 1090. The second kappa shape index (κ2) is 8.41. The van der Waals surface area contributed by atoms with E-state index in [1.165, 1.54) is 18.4 Å². The van der Waals surface area contributed by atoms with E-state index in [4.69, 9.17) is 11.6 Å².